The Morgan fingerprint density at radius 2 is 2.00 bits per heavy atom. The van der Waals surface area contributed by atoms with Gasteiger partial charge in [0.25, 0.3) is 0 Å². The molecule has 0 spiro atoms. The Balaban J connectivity index is 2.14. The molecule has 3 atom stereocenters. The fourth-order valence-electron chi connectivity index (χ4n) is 3.11. The molecular weight excluding hydrogens is 311 g/mol. The van der Waals surface area contributed by atoms with Crippen LogP contribution in [0, 0.1) is 0 Å². The third kappa shape index (κ3) is 4.02. The number of amides is 1. The van der Waals surface area contributed by atoms with Crippen LogP contribution in [0.15, 0.2) is 18.2 Å². The number of halogens is 2. The van der Waals surface area contributed by atoms with E-state index >= 15 is 0 Å². The summed E-state index contributed by atoms with van der Waals surface area (Å²) in [7, 11) is 3.97. The number of rotatable bonds is 3. The summed E-state index contributed by atoms with van der Waals surface area (Å²) in [4.78, 5) is 13.0. The van der Waals surface area contributed by atoms with E-state index in [1.807, 2.05) is 32.3 Å². The number of carbonyl (C=O) groups is 1. The Morgan fingerprint density at radius 3 is 2.57 bits per heavy atom. The van der Waals surface area contributed by atoms with Gasteiger partial charge < -0.3 is 15.3 Å². The number of nitrogens with one attached hydrogen (secondary N) is 1. The summed E-state index contributed by atoms with van der Waals surface area (Å²) < 4.78 is 0. The van der Waals surface area contributed by atoms with Crippen molar-refractivity contribution in [2.45, 2.75) is 37.3 Å². The van der Waals surface area contributed by atoms with Gasteiger partial charge in [-0.15, -0.1) is 0 Å². The third-order valence-corrected chi connectivity index (χ3v) is 4.94. The second kappa shape index (κ2) is 6.86. The van der Waals surface area contributed by atoms with E-state index in [0.717, 1.165) is 19.3 Å². The Kier molecular flexibility index (Phi) is 5.36. The average molecular weight is 331 g/mol. The first-order chi connectivity index (χ1) is 9.88. The van der Waals surface area contributed by atoms with E-state index < -0.39 is 6.09 Å². The number of hydrogen-bond donors (Lipinski definition) is 2. The van der Waals surface area contributed by atoms with Crippen LogP contribution in [0.5, 0.6) is 0 Å². The minimum atomic E-state index is -0.958. The van der Waals surface area contributed by atoms with Crippen LogP contribution in [-0.4, -0.2) is 42.3 Å². The van der Waals surface area contributed by atoms with Crippen LogP contribution in [0.3, 0.4) is 0 Å². The van der Waals surface area contributed by atoms with Crippen LogP contribution in [0.4, 0.5) is 4.79 Å². The minimum absolute atomic E-state index is 0.0310. The Bertz CT molecular complexity index is 522. The van der Waals surface area contributed by atoms with Crippen molar-refractivity contribution in [3.63, 3.8) is 0 Å². The van der Waals surface area contributed by atoms with Gasteiger partial charge in [0, 0.05) is 12.1 Å². The van der Waals surface area contributed by atoms with E-state index in [4.69, 9.17) is 28.3 Å². The van der Waals surface area contributed by atoms with Crippen LogP contribution in [0.25, 0.3) is 0 Å². The quantitative estimate of drug-likeness (QED) is 0.885. The van der Waals surface area contributed by atoms with Crippen molar-refractivity contribution < 1.29 is 9.90 Å². The summed E-state index contributed by atoms with van der Waals surface area (Å²) in [5.74, 6) is 0.374. The second-order valence-electron chi connectivity index (χ2n) is 5.77. The fourth-order valence-corrected chi connectivity index (χ4v) is 3.42. The first-order valence-corrected chi connectivity index (χ1v) is 7.75. The molecule has 2 N–H and O–H groups in total. The molecule has 21 heavy (non-hydrogen) atoms. The highest BCUT2D eigenvalue weighted by molar-refractivity contribution is 6.42. The summed E-state index contributed by atoms with van der Waals surface area (Å²) in [6.07, 6.45) is 1.70. The first kappa shape index (κ1) is 16.4. The summed E-state index contributed by atoms with van der Waals surface area (Å²) in [5.41, 5.74) is 1.17. The van der Waals surface area contributed by atoms with Crippen molar-refractivity contribution in [2.24, 2.45) is 0 Å². The van der Waals surface area contributed by atoms with E-state index in [1.54, 1.807) is 0 Å². The van der Waals surface area contributed by atoms with Crippen LogP contribution in [0.1, 0.15) is 30.7 Å². The highest BCUT2D eigenvalue weighted by Crippen LogP contribution is 2.36. The topological polar surface area (TPSA) is 52.6 Å². The molecule has 1 aromatic rings. The lowest BCUT2D eigenvalue weighted by atomic mass is 9.78. The number of hydrogen-bond acceptors (Lipinski definition) is 2. The van der Waals surface area contributed by atoms with Gasteiger partial charge in [0.2, 0.25) is 0 Å². The van der Waals surface area contributed by atoms with Crippen molar-refractivity contribution in [3.8, 4) is 0 Å². The zero-order valence-corrected chi connectivity index (χ0v) is 13.7. The molecule has 0 bridgehead atoms. The molecular formula is C15H20Cl2N2O2. The van der Waals surface area contributed by atoms with Crippen molar-refractivity contribution in [1.29, 1.82) is 0 Å². The van der Waals surface area contributed by atoms with Gasteiger partial charge in [0.15, 0.2) is 0 Å². The van der Waals surface area contributed by atoms with E-state index in [0.29, 0.717) is 16.0 Å². The minimum Gasteiger partial charge on any atom is -0.465 e. The molecule has 2 rings (SSSR count). The van der Waals surface area contributed by atoms with E-state index in [2.05, 4.69) is 10.2 Å². The summed E-state index contributed by atoms with van der Waals surface area (Å²) in [6.45, 7) is 0. The molecule has 0 aromatic heterocycles. The maximum absolute atomic E-state index is 10.9. The Morgan fingerprint density at radius 1 is 1.29 bits per heavy atom. The molecule has 0 aliphatic heterocycles. The van der Waals surface area contributed by atoms with Gasteiger partial charge in [0.1, 0.15) is 0 Å². The molecule has 4 nitrogen and oxygen atoms in total. The molecule has 0 heterocycles. The Hall–Kier alpha value is -0.970. The fraction of sp³-hybridized carbons (Fsp3) is 0.533. The second-order valence-corrected chi connectivity index (χ2v) is 6.58. The van der Waals surface area contributed by atoms with Gasteiger partial charge >= 0.3 is 6.09 Å². The number of nitrogens with zero attached hydrogens (tertiary/aromatic N) is 1. The molecule has 1 fully saturated rings. The lowest BCUT2D eigenvalue weighted by Gasteiger charge is -2.39. The SMILES string of the molecule is CN(C)[C@H]1C[C@@H](c2ccc(Cl)c(Cl)c2)CC[C@@H]1NC(=O)O. The molecule has 1 amide bonds. The molecule has 116 valence electrons. The van der Waals surface area contributed by atoms with Gasteiger partial charge in [-0.2, -0.15) is 0 Å². The van der Waals surface area contributed by atoms with Crippen molar-refractivity contribution in [1.82, 2.24) is 10.2 Å². The lowest BCUT2D eigenvalue weighted by molar-refractivity contribution is 0.145. The summed E-state index contributed by atoms with van der Waals surface area (Å²) >= 11 is 12.1. The standard InChI is InChI=1S/C15H20Cl2N2O2/c1-19(2)14-8-10(4-6-13(14)18-15(20)21)9-3-5-11(16)12(17)7-9/h3,5,7,10,13-14,18H,4,6,8H2,1-2H3,(H,20,21)/t10-,13-,14-/m0/s1. The highest BCUT2D eigenvalue weighted by Gasteiger charge is 2.33. The van der Waals surface area contributed by atoms with Crippen molar-refractivity contribution >= 4 is 29.3 Å². The first-order valence-electron chi connectivity index (χ1n) is 6.99. The van der Waals surface area contributed by atoms with Crippen LogP contribution in [-0.2, 0) is 0 Å². The molecule has 1 aliphatic carbocycles. The van der Waals surface area contributed by atoms with E-state index in [1.165, 1.54) is 5.56 Å². The Labute approximate surface area is 135 Å². The number of likely N-dealkylation sites (N-methyl/N-ethyl adjacent to an activating group) is 1. The normalized spacial score (nSPS) is 25.9. The monoisotopic (exact) mass is 330 g/mol. The van der Waals surface area contributed by atoms with Gasteiger partial charge in [-0.3, -0.25) is 0 Å². The summed E-state index contributed by atoms with van der Waals surface area (Å²) in [6, 6.07) is 5.90. The zero-order chi connectivity index (χ0) is 15.6. The third-order valence-electron chi connectivity index (χ3n) is 4.20. The molecule has 1 saturated carbocycles. The van der Waals surface area contributed by atoms with Gasteiger partial charge in [-0.05, 0) is 57.0 Å². The number of carboxylic acid groups (broad SMARTS) is 1. The molecule has 0 radical (unpaired) electrons. The summed E-state index contributed by atoms with van der Waals surface area (Å²) in [5, 5.41) is 12.7. The van der Waals surface area contributed by atoms with Crippen LogP contribution < -0.4 is 5.32 Å². The van der Waals surface area contributed by atoms with Crippen molar-refractivity contribution in [3.05, 3.63) is 33.8 Å². The lowest BCUT2D eigenvalue weighted by Crippen LogP contribution is -2.52. The van der Waals surface area contributed by atoms with Crippen LogP contribution in [0.2, 0.25) is 10.0 Å². The maximum atomic E-state index is 10.9. The zero-order valence-electron chi connectivity index (χ0n) is 12.1. The predicted molar refractivity (Wildman–Crippen MR) is 85.5 cm³/mol. The average Bonchev–Trinajstić information content (AvgIpc) is 2.41. The maximum Gasteiger partial charge on any atom is 0.404 e. The molecule has 0 unspecified atom stereocenters. The highest BCUT2D eigenvalue weighted by atomic mass is 35.5. The van der Waals surface area contributed by atoms with Gasteiger partial charge in [0.05, 0.1) is 10.0 Å². The van der Waals surface area contributed by atoms with Gasteiger partial charge in [-0.25, -0.2) is 4.79 Å². The number of benzene rings is 1. The predicted octanol–water partition coefficient (Wildman–Crippen LogP) is 3.83. The molecule has 1 aromatic carbocycles. The van der Waals surface area contributed by atoms with E-state index in [-0.39, 0.29) is 12.1 Å². The molecule has 1 aliphatic rings. The smallest absolute Gasteiger partial charge is 0.404 e. The molecule has 0 saturated heterocycles. The van der Waals surface area contributed by atoms with Crippen molar-refractivity contribution in [2.75, 3.05) is 14.1 Å². The van der Waals surface area contributed by atoms with Gasteiger partial charge in [-0.1, -0.05) is 29.3 Å². The van der Waals surface area contributed by atoms with Crippen LogP contribution >= 0.6 is 23.2 Å². The van der Waals surface area contributed by atoms with E-state index in [9.17, 15) is 4.79 Å². The largest absolute Gasteiger partial charge is 0.465 e. The molecule has 6 heteroatoms.